The minimum atomic E-state index is -0.830. The Morgan fingerprint density at radius 3 is 3.06 bits per heavy atom. The topological polar surface area (TPSA) is 63.1 Å². The first-order valence-electron chi connectivity index (χ1n) is 5.01. The van der Waals surface area contributed by atoms with Crippen molar-refractivity contribution >= 4 is 45.0 Å². The number of hydrogen-bond donors (Lipinski definition) is 1. The van der Waals surface area contributed by atoms with Gasteiger partial charge in [0.15, 0.2) is 4.34 Å². The van der Waals surface area contributed by atoms with Crippen molar-refractivity contribution in [2.75, 3.05) is 0 Å². The fourth-order valence-electron chi connectivity index (χ4n) is 1.29. The highest BCUT2D eigenvalue weighted by Crippen LogP contribution is 2.36. The number of nitrogens with zero attached hydrogens (tertiary/aromatic N) is 2. The van der Waals surface area contributed by atoms with Gasteiger partial charge in [-0.15, -0.1) is 11.3 Å². The van der Waals surface area contributed by atoms with E-state index in [0.717, 1.165) is 24.3 Å². The number of aliphatic carboxylic acids is 1. The van der Waals surface area contributed by atoms with Gasteiger partial charge in [0.1, 0.15) is 0 Å². The number of carbonyl (C=O) groups is 1. The van der Waals surface area contributed by atoms with E-state index in [1.165, 1.54) is 23.1 Å². The summed E-state index contributed by atoms with van der Waals surface area (Å²) < 4.78 is 1.75. The summed E-state index contributed by atoms with van der Waals surface area (Å²) in [5, 5.41) is 8.79. The van der Waals surface area contributed by atoms with Crippen LogP contribution in [0.3, 0.4) is 0 Å². The lowest BCUT2D eigenvalue weighted by atomic mass is 10.3. The van der Waals surface area contributed by atoms with Crippen molar-refractivity contribution in [1.82, 2.24) is 9.97 Å². The molecule has 2 rings (SSSR count). The van der Waals surface area contributed by atoms with Gasteiger partial charge in [0.05, 0.1) is 12.1 Å². The maximum Gasteiger partial charge on any atom is 0.308 e. The monoisotopic (exact) mass is 344 g/mol. The summed E-state index contributed by atoms with van der Waals surface area (Å²) in [6, 6.07) is 1.89. The van der Waals surface area contributed by atoms with Crippen LogP contribution in [0.4, 0.5) is 0 Å². The SMILES string of the molecule is Cc1nc(Sc2ccncc2Br)sc1CC(=O)O. The first-order valence-corrected chi connectivity index (χ1v) is 7.44. The average molecular weight is 345 g/mol. The summed E-state index contributed by atoms with van der Waals surface area (Å²) in [5.74, 6) is -0.830. The van der Waals surface area contributed by atoms with E-state index >= 15 is 0 Å². The number of carboxylic acid groups (broad SMARTS) is 1. The van der Waals surface area contributed by atoms with Crippen molar-refractivity contribution in [3.63, 3.8) is 0 Å². The van der Waals surface area contributed by atoms with Crippen molar-refractivity contribution < 1.29 is 9.90 Å². The van der Waals surface area contributed by atoms with Crippen LogP contribution < -0.4 is 0 Å². The van der Waals surface area contributed by atoms with Crippen LogP contribution in [-0.4, -0.2) is 21.0 Å². The molecule has 94 valence electrons. The zero-order chi connectivity index (χ0) is 13.1. The average Bonchev–Trinajstić information content (AvgIpc) is 2.62. The third-order valence-electron chi connectivity index (χ3n) is 2.12. The number of thiazole rings is 1. The van der Waals surface area contributed by atoms with E-state index in [-0.39, 0.29) is 6.42 Å². The lowest BCUT2D eigenvalue weighted by molar-refractivity contribution is -0.136. The molecule has 0 aliphatic carbocycles. The molecule has 0 radical (unpaired) electrons. The zero-order valence-corrected chi connectivity index (χ0v) is 12.6. The van der Waals surface area contributed by atoms with E-state index in [9.17, 15) is 4.79 Å². The van der Waals surface area contributed by atoms with Gasteiger partial charge >= 0.3 is 5.97 Å². The first-order chi connectivity index (χ1) is 8.56. The standard InChI is InChI=1S/C11H9BrN2O2S2/c1-6-9(4-10(15)16)18-11(14-6)17-8-2-3-13-5-7(8)12/h2-3,5H,4H2,1H3,(H,15,16). The van der Waals surface area contributed by atoms with Gasteiger partial charge in [-0.1, -0.05) is 11.8 Å². The molecule has 1 N–H and O–H groups in total. The zero-order valence-electron chi connectivity index (χ0n) is 9.38. The number of aromatic nitrogens is 2. The quantitative estimate of drug-likeness (QED) is 0.920. The first kappa shape index (κ1) is 13.5. The van der Waals surface area contributed by atoms with Crippen LogP contribution >= 0.6 is 39.0 Å². The Balaban J connectivity index is 2.20. The van der Waals surface area contributed by atoms with Crippen LogP contribution in [0.5, 0.6) is 0 Å². The molecule has 18 heavy (non-hydrogen) atoms. The largest absolute Gasteiger partial charge is 0.481 e. The number of pyridine rings is 1. The van der Waals surface area contributed by atoms with Crippen LogP contribution in [-0.2, 0) is 11.2 Å². The Labute approximate surface area is 121 Å². The van der Waals surface area contributed by atoms with Crippen LogP contribution in [0.2, 0.25) is 0 Å². The van der Waals surface area contributed by atoms with Crippen LogP contribution in [0.25, 0.3) is 0 Å². The molecule has 0 aromatic carbocycles. The Morgan fingerprint density at radius 2 is 2.39 bits per heavy atom. The Hall–Kier alpha value is -0.920. The molecule has 0 aliphatic heterocycles. The summed E-state index contributed by atoms with van der Waals surface area (Å²) in [7, 11) is 0. The Kier molecular flexibility index (Phi) is 4.36. The van der Waals surface area contributed by atoms with Gasteiger partial charge < -0.3 is 5.11 Å². The number of aryl methyl sites for hydroxylation is 1. The second-order valence-corrected chi connectivity index (χ2v) is 6.69. The summed E-state index contributed by atoms with van der Waals surface area (Å²) in [6.07, 6.45) is 3.47. The van der Waals surface area contributed by atoms with E-state index in [4.69, 9.17) is 5.11 Å². The van der Waals surface area contributed by atoms with Crippen molar-refractivity contribution in [3.8, 4) is 0 Å². The minimum Gasteiger partial charge on any atom is -0.481 e. The van der Waals surface area contributed by atoms with E-state index in [1.54, 1.807) is 12.4 Å². The molecular formula is C11H9BrN2O2S2. The van der Waals surface area contributed by atoms with E-state index in [1.807, 2.05) is 13.0 Å². The molecule has 7 heteroatoms. The summed E-state index contributed by atoms with van der Waals surface area (Å²) in [5.41, 5.74) is 0.787. The maximum absolute atomic E-state index is 10.7. The summed E-state index contributed by atoms with van der Waals surface area (Å²) in [6.45, 7) is 1.83. The molecule has 0 unspecified atom stereocenters. The smallest absolute Gasteiger partial charge is 0.308 e. The normalized spacial score (nSPS) is 10.6. The lowest BCUT2D eigenvalue weighted by Crippen LogP contribution is -1.99. The van der Waals surface area contributed by atoms with E-state index < -0.39 is 5.97 Å². The number of halogens is 1. The lowest BCUT2D eigenvalue weighted by Gasteiger charge is -1.99. The molecule has 0 aliphatic rings. The van der Waals surface area contributed by atoms with Crippen molar-refractivity contribution in [2.24, 2.45) is 0 Å². The second-order valence-electron chi connectivity index (χ2n) is 3.47. The van der Waals surface area contributed by atoms with Gasteiger partial charge in [-0.3, -0.25) is 9.78 Å². The fraction of sp³-hybridized carbons (Fsp3) is 0.182. The molecule has 0 atom stereocenters. The molecule has 0 bridgehead atoms. The highest BCUT2D eigenvalue weighted by Gasteiger charge is 2.12. The molecule has 4 nitrogen and oxygen atoms in total. The van der Waals surface area contributed by atoms with E-state index in [2.05, 4.69) is 25.9 Å². The predicted molar refractivity (Wildman–Crippen MR) is 74.3 cm³/mol. The van der Waals surface area contributed by atoms with Gasteiger partial charge in [-0.25, -0.2) is 4.98 Å². The van der Waals surface area contributed by atoms with E-state index in [0.29, 0.717) is 0 Å². The molecule has 0 fully saturated rings. The van der Waals surface area contributed by atoms with Gasteiger partial charge in [-0.2, -0.15) is 0 Å². The second kappa shape index (κ2) is 5.81. The third-order valence-corrected chi connectivity index (χ3v) is 5.31. The highest BCUT2D eigenvalue weighted by atomic mass is 79.9. The molecule has 2 heterocycles. The Bertz CT molecular complexity index is 586. The maximum atomic E-state index is 10.7. The molecule has 2 aromatic rings. The number of carboxylic acids is 1. The van der Waals surface area contributed by atoms with Gasteiger partial charge in [0.25, 0.3) is 0 Å². The molecular weight excluding hydrogens is 336 g/mol. The van der Waals surface area contributed by atoms with Crippen molar-refractivity contribution in [1.29, 1.82) is 0 Å². The highest BCUT2D eigenvalue weighted by molar-refractivity contribution is 9.10. The Morgan fingerprint density at radius 1 is 1.61 bits per heavy atom. The third kappa shape index (κ3) is 3.30. The molecule has 0 spiro atoms. The summed E-state index contributed by atoms with van der Waals surface area (Å²) in [4.78, 5) is 20.9. The predicted octanol–water partition coefficient (Wildman–Crippen LogP) is 3.39. The molecule has 0 saturated heterocycles. The van der Waals surface area contributed by atoms with Crippen LogP contribution in [0, 0.1) is 6.92 Å². The fourth-order valence-corrected chi connectivity index (χ4v) is 3.95. The van der Waals surface area contributed by atoms with Crippen molar-refractivity contribution in [2.45, 2.75) is 22.6 Å². The minimum absolute atomic E-state index is 0.0293. The van der Waals surface area contributed by atoms with Gasteiger partial charge in [-0.05, 0) is 28.9 Å². The van der Waals surface area contributed by atoms with Gasteiger partial charge in [0, 0.05) is 26.6 Å². The molecule has 0 saturated carbocycles. The number of hydrogen-bond acceptors (Lipinski definition) is 5. The molecule has 0 amide bonds. The van der Waals surface area contributed by atoms with Crippen LogP contribution in [0.1, 0.15) is 10.6 Å². The molecule has 2 aromatic heterocycles. The van der Waals surface area contributed by atoms with Gasteiger partial charge in [0.2, 0.25) is 0 Å². The summed E-state index contributed by atoms with van der Waals surface area (Å²) >= 11 is 6.34. The van der Waals surface area contributed by atoms with Crippen molar-refractivity contribution in [3.05, 3.63) is 33.5 Å². The van der Waals surface area contributed by atoms with Crippen LogP contribution in [0.15, 0.2) is 32.2 Å². The number of rotatable bonds is 4.